The number of aliphatic hydroxyl groups is 1. The summed E-state index contributed by atoms with van der Waals surface area (Å²) in [5.41, 5.74) is -0.250. The Bertz CT molecular complexity index is 221. The van der Waals surface area contributed by atoms with Gasteiger partial charge in [0.2, 0.25) is 0 Å². The van der Waals surface area contributed by atoms with E-state index in [1.165, 1.54) is 0 Å². The van der Waals surface area contributed by atoms with Gasteiger partial charge in [0.05, 0.1) is 0 Å². The van der Waals surface area contributed by atoms with Crippen LogP contribution in [-0.2, 0) is 4.79 Å². The summed E-state index contributed by atoms with van der Waals surface area (Å²) in [5, 5.41) is 9.58. The summed E-state index contributed by atoms with van der Waals surface area (Å²) >= 11 is 0. The van der Waals surface area contributed by atoms with Gasteiger partial charge in [0.1, 0.15) is 6.10 Å². The van der Waals surface area contributed by atoms with Crippen molar-refractivity contribution in [2.45, 2.75) is 38.8 Å². The average Bonchev–Trinajstić information content (AvgIpc) is 2.76. The van der Waals surface area contributed by atoms with Crippen molar-refractivity contribution in [1.29, 1.82) is 0 Å². The molecule has 1 amide bonds. The Balaban J connectivity index is 2.16. The number of hydrogen-bond donors (Lipinski definition) is 1. The largest absolute Gasteiger partial charge is 0.383 e. The van der Waals surface area contributed by atoms with Crippen LogP contribution in [0.25, 0.3) is 0 Å². The van der Waals surface area contributed by atoms with Crippen LogP contribution >= 0.6 is 0 Å². The summed E-state index contributed by atoms with van der Waals surface area (Å²) in [5.74, 6) is -0.0671. The number of likely N-dealkylation sites (tertiary alicyclic amines) is 1. The minimum atomic E-state index is -0.780. The lowest BCUT2D eigenvalue weighted by Crippen LogP contribution is -2.31. The first-order valence-electron chi connectivity index (χ1n) is 4.51. The van der Waals surface area contributed by atoms with Crippen LogP contribution in [0.5, 0.6) is 0 Å². The monoisotopic (exact) mass is 169 g/mol. The number of aliphatic hydroxyl groups excluding tert-OH is 1. The van der Waals surface area contributed by atoms with Crippen molar-refractivity contribution in [3.63, 3.8) is 0 Å². The summed E-state index contributed by atoms with van der Waals surface area (Å²) in [7, 11) is 0. The van der Waals surface area contributed by atoms with E-state index in [1.807, 2.05) is 18.7 Å². The van der Waals surface area contributed by atoms with Crippen molar-refractivity contribution in [1.82, 2.24) is 4.90 Å². The molecule has 0 unspecified atom stereocenters. The molecular formula is C9H15NO2. The van der Waals surface area contributed by atoms with E-state index in [2.05, 4.69) is 0 Å². The van der Waals surface area contributed by atoms with Gasteiger partial charge in [-0.25, -0.2) is 0 Å². The maximum atomic E-state index is 11.5. The van der Waals surface area contributed by atoms with E-state index < -0.39 is 6.10 Å². The number of carbonyl (C=O) groups excluding carboxylic acids is 1. The third kappa shape index (κ3) is 1.04. The molecule has 3 nitrogen and oxygen atoms in total. The Labute approximate surface area is 72.4 Å². The summed E-state index contributed by atoms with van der Waals surface area (Å²) < 4.78 is 0. The van der Waals surface area contributed by atoms with Crippen molar-refractivity contribution < 1.29 is 9.90 Å². The standard InChI is InChI=1S/C9H15NO2/c1-9(2)5-10(6-3-4-6)8(12)7(9)11/h6-7,11H,3-5H2,1-2H3/t7-/m1/s1. The van der Waals surface area contributed by atoms with Crippen LogP contribution < -0.4 is 0 Å². The van der Waals surface area contributed by atoms with Crippen LogP contribution in [0.4, 0.5) is 0 Å². The zero-order valence-corrected chi connectivity index (χ0v) is 7.58. The molecule has 2 fully saturated rings. The summed E-state index contributed by atoms with van der Waals surface area (Å²) in [6, 6.07) is 0.439. The number of hydrogen-bond acceptors (Lipinski definition) is 2. The second-order valence-electron chi connectivity index (χ2n) is 4.59. The average molecular weight is 169 g/mol. The van der Waals surface area contributed by atoms with Crippen molar-refractivity contribution in [2.24, 2.45) is 5.41 Å². The minimum absolute atomic E-state index is 0.0671. The molecule has 12 heavy (non-hydrogen) atoms. The Kier molecular flexibility index (Phi) is 1.49. The molecule has 1 atom stereocenters. The molecule has 0 spiro atoms. The van der Waals surface area contributed by atoms with Gasteiger partial charge in [-0.2, -0.15) is 0 Å². The fourth-order valence-corrected chi connectivity index (χ4v) is 1.79. The molecule has 3 heteroatoms. The Morgan fingerprint density at radius 3 is 2.42 bits per heavy atom. The van der Waals surface area contributed by atoms with E-state index in [4.69, 9.17) is 0 Å². The molecule has 2 rings (SSSR count). The van der Waals surface area contributed by atoms with Crippen molar-refractivity contribution in [2.75, 3.05) is 6.54 Å². The third-order valence-corrected chi connectivity index (χ3v) is 2.82. The predicted octanol–water partition coefficient (Wildman–Crippen LogP) is 0.378. The van der Waals surface area contributed by atoms with Gasteiger partial charge in [-0.05, 0) is 12.8 Å². The molecule has 1 saturated carbocycles. The van der Waals surface area contributed by atoms with E-state index >= 15 is 0 Å². The number of carbonyl (C=O) groups is 1. The molecule has 1 aliphatic heterocycles. The lowest BCUT2D eigenvalue weighted by Gasteiger charge is -2.19. The molecular weight excluding hydrogens is 154 g/mol. The van der Waals surface area contributed by atoms with Gasteiger partial charge in [0.15, 0.2) is 0 Å². The van der Waals surface area contributed by atoms with Crippen LogP contribution in [-0.4, -0.2) is 34.6 Å². The fraction of sp³-hybridized carbons (Fsp3) is 0.889. The molecule has 2 aliphatic rings. The van der Waals surface area contributed by atoms with E-state index in [1.54, 1.807) is 0 Å². The van der Waals surface area contributed by atoms with Crippen LogP contribution in [0.2, 0.25) is 0 Å². The lowest BCUT2D eigenvalue weighted by molar-refractivity contribution is -0.136. The van der Waals surface area contributed by atoms with E-state index in [0.29, 0.717) is 6.04 Å². The Hall–Kier alpha value is -0.570. The highest BCUT2D eigenvalue weighted by Gasteiger charge is 2.49. The van der Waals surface area contributed by atoms with Crippen molar-refractivity contribution in [3.05, 3.63) is 0 Å². The highest BCUT2D eigenvalue weighted by atomic mass is 16.3. The van der Waals surface area contributed by atoms with Gasteiger partial charge in [-0.1, -0.05) is 13.8 Å². The smallest absolute Gasteiger partial charge is 0.252 e. The van der Waals surface area contributed by atoms with Crippen LogP contribution in [0.15, 0.2) is 0 Å². The first kappa shape index (κ1) is 8.05. The minimum Gasteiger partial charge on any atom is -0.383 e. The molecule has 1 heterocycles. The molecule has 1 N–H and O–H groups in total. The van der Waals surface area contributed by atoms with Crippen LogP contribution in [0, 0.1) is 5.41 Å². The SMILES string of the molecule is CC1(C)CN(C2CC2)C(=O)[C@H]1O. The summed E-state index contributed by atoms with van der Waals surface area (Å²) in [4.78, 5) is 13.3. The topological polar surface area (TPSA) is 40.5 Å². The van der Waals surface area contributed by atoms with Crippen LogP contribution in [0.3, 0.4) is 0 Å². The molecule has 0 radical (unpaired) electrons. The predicted molar refractivity (Wildman–Crippen MR) is 44.5 cm³/mol. The molecule has 1 saturated heterocycles. The maximum Gasteiger partial charge on any atom is 0.252 e. The molecule has 0 aromatic rings. The molecule has 1 aliphatic carbocycles. The van der Waals surface area contributed by atoms with Gasteiger partial charge < -0.3 is 10.0 Å². The normalized spacial score (nSPS) is 34.4. The van der Waals surface area contributed by atoms with Gasteiger partial charge in [-0.15, -0.1) is 0 Å². The summed E-state index contributed by atoms with van der Waals surface area (Å²) in [6.07, 6.45) is 1.46. The highest BCUT2D eigenvalue weighted by molar-refractivity contribution is 5.84. The Morgan fingerprint density at radius 1 is 1.50 bits per heavy atom. The van der Waals surface area contributed by atoms with E-state index in [9.17, 15) is 9.90 Å². The quantitative estimate of drug-likeness (QED) is 0.616. The van der Waals surface area contributed by atoms with Gasteiger partial charge >= 0.3 is 0 Å². The second-order valence-corrected chi connectivity index (χ2v) is 4.59. The van der Waals surface area contributed by atoms with Gasteiger partial charge in [0, 0.05) is 18.0 Å². The zero-order valence-electron chi connectivity index (χ0n) is 7.58. The third-order valence-electron chi connectivity index (χ3n) is 2.82. The zero-order chi connectivity index (χ0) is 8.93. The molecule has 0 aromatic carbocycles. The maximum absolute atomic E-state index is 11.5. The molecule has 0 aromatic heterocycles. The van der Waals surface area contributed by atoms with Crippen molar-refractivity contribution in [3.8, 4) is 0 Å². The lowest BCUT2D eigenvalue weighted by atomic mass is 9.90. The second kappa shape index (κ2) is 2.22. The van der Waals surface area contributed by atoms with E-state index in [0.717, 1.165) is 19.4 Å². The fourth-order valence-electron chi connectivity index (χ4n) is 1.79. The van der Waals surface area contributed by atoms with Crippen LogP contribution in [0.1, 0.15) is 26.7 Å². The summed E-state index contributed by atoms with van der Waals surface area (Å²) in [6.45, 7) is 4.60. The first-order chi connectivity index (χ1) is 5.52. The van der Waals surface area contributed by atoms with Gasteiger partial charge in [0.25, 0.3) is 5.91 Å². The Morgan fingerprint density at radius 2 is 2.08 bits per heavy atom. The van der Waals surface area contributed by atoms with Gasteiger partial charge in [-0.3, -0.25) is 4.79 Å². The molecule has 0 bridgehead atoms. The number of amides is 1. The van der Waals surface area contributed by atoms with Crippen molar-refractivity contribution >= 4 is 5.91 Å². The number of nitrogens with zero attached hydrogens (tertiary/aromatic N) is 1. The highest BCUT2D eigenvalue weighted by Crippen LogP contribution is 2.38. The number of rotatable bonds is 1. The molecule has 68 valence electrons. The van der Waals surface area contributed by atoms with E-state index in [-0.39, 0.29) is 11.3 Å². The first-order valence-corrected chi connectivity index (χ1v) is 4.51.